The van der Waals surface area contributed by atoms with Crippen LogP contribution in [0.25, 0.3) is 0 Å². The summed E-state index contributed by atoms with van der Waals surface area (Å²) in [5.74, 6) is 0. The van der Waals surface area contributed by atoms with E-state index in [-0.39, 0.29) is 0 Å². The molecule has 2 heterocycles. The van der Waals surface area contributed by atoms with E-state index in [1.807, 2.05) is 19.3 Å². The molecule has 0 spiro atoms. The van der Waals surface area contributed by atoms with Gasteiger partial charge in [0.15, 0.2) is 0 Å². The van der Waals surface area contributed by atoms with Gasteiger partial charge in [-0.15, -0.1) is 0 Å². The van der Waals surface area contributed by atoms with E-state index >= 15 is 0 Å². The third-order valence-corrected chi connectivity index (χ3v) is 4.12. The average Bonchev–Trinajstić information content (AvgIpc) is 2.55. The highest BCUT2D eigenvalue weighted by Gasteiger charge is 2.26. The van der Waals surface area contributed by atoms with Crippen LogP contribution in [-0.2, 0) is 6.54 Å². The summed E-state index contributed by atoms with van der Waals surface area (Å²) < 4.78 is 0. The van der Waals surface area contributed by atoms with Crippen LogP contribution in [0, 0.1) is 0 Å². The summed E-state index contributed by atoms with van der Waals surface area (Å²) in [6.45, 7) is 6.61. The molecular formula is C15H26N4. The zero-order valence-corrected chi connectivity index (χ0v) is 12.3. The summed E-state index contributed by atoms with van der Waals surface area (Å²) in [7, 11) is 4.27. The first-order chi connectivity index (χ1) is 9.20. The second-order valence-corrected chi connectivity index (χ2v) is 5.58. The molecular weight excluding hydrogens is 236 g/mol. The van der Waals surface area contributed by atoms with Crippen LogP contribution in [0.3, 0.4) is 0 Å². The molecule has 1 N–H and O–H groups in total. The maximum absolute atomic E-state index is 4.46. The first-order valence-electron chi connectivity index (χ1n) is 7.19. The smallest absolute Gasteiger partial charge is 0.0544 e. The van der Waals surface area contributed by atoms with Gasteiger partial charge in [0.05, 0.1) is 5.69 Å². The van der Waals surface area contributed by atoms with E-state index in [0.29, 0.717) is 12.1 Å². The fourth-order valence-corrected chi connectivity index (χ4v) is 2.72. The Morgan fingerprint density at radius 2 is 2.26 bits per heavy atom. The number of aromatic nitrogens is 1. The SMILES string of the molecule is CNCC1CN(Cc2ccccn2)C(C)CCN1C. The Kier molecular flexibility index (Phi) is 5.31. The van der Waals surface area contributed by atoms with Crippen LogP contribution >= 0.6 is 0 Å². The Hall–Kier alpha value is -0.970. The van der Waals surface area contributed by atoms with E-state index < -0.39 is 0 Å². The predicted octanol–water partition coefficient (Wildman–Crippen LogP) is 1.20. The minimum atomic E-state index is 0.582. The normalized spacial score (nSPS) is 26.3. The molecule has 4 heteroatoms. The molecule has 0 radical (unpaired) electrons. The Bertz CT molecular complexity index is 368. The highest BCUT2D eigenvalue weighted by Crippen LogP contribution is 2.16. The van der Waals surface area contributed by atoms with E-state index in [9.17, 15) is 0 Å². The lowest BCUT2D eigenvalue weighted by Gasteiger charge is -2.30. The fraction of sp³-hybridized carbons (Fsp3) is 0.667. The second-order valence-electron chi connectivity index (χ2n) is 5.58. The summed E-state index contributed by atoms with van der Waals surface area (Å²) in [6.07, 6.45) is 3.11. The standard InChI is InChI=1S/C15H26N4/c1-13-7-9-18(3)15(10-16-2)12-19(13)11-14-6-4-5-8-17-14/h4-6,8,13,15-16H,7,9-12H2,1-3H3. The van der Waals surface area contributed by atoms with Crippen molar-refractivity contribution in [1.29, 1.82) is 0 Å². The number of nitrogens with one attached hydrogen (secondary N) is 1. The van der Waals surface area contributed by atoms with Crippen LogP contribution in [0.15, 0.2) is 24.4 Å². The molecule has 0 aromatic carbocycles. The van der Waals surface area contributed by atoms with Gasteiger partial charge in [-0.05, 0) is 46.1 Å². The van der Waals surface area contributed by atoms with Gasteiger partial charge in [-0.1, -0.05) is 6.07 Å². The minimum absolute atomic E-state index is 0.582. The maximum Gasteiger partial charge on any atom is 0.0544 e. The molecule has 1 aliphatic rings. The number of likely N-dealkylation sites (N-methyl/N-ethyl adjacent to an activating group) is 2. The van der Waals surface area contributed by atoms with Gasteiger partial charge >= 0.3 is 0 Å². The van der Waals surface area contributed by atoms with Crippen molar-refractivity contribution < 1.29 is 0 Å². The van der Waals surface area contributed by atoms with Crippen LogP contribution in [-0.4, -0.2) is 60.6 Å². The van der Waals surface area contributed by atoms with Gasteiger partial charge in [-0.2, -0.15) is 0 Å². The third kappa shape index (κ3) is 4.00. The maximum atomic E-state index is 4.46. The second kappa shape index (κ2) is 6.98. The van der Waals surface area contributed by atoms with Crippen LogP contribution in [0.2, 0.25) is 0 Å². The van der Waals surface area contributed by atoms with Crippen molar-refractivity contribution in [2.45, 2.75) is 32.0 Å². The van der Waals surface area contributed by atoms with Gasteiger partial charge in [0.2, 0.25) is 0 Å². The van der Waals surface area contributed by atoms with Gasteiger partial charge in [0, 0.05) is 37.9 Å². The Balaban J connectivity index is 2.04. The lowest BCUT2D eigenvalue weighted by molar-refractivity contribution is 0.171. The van der Waals surface area contributed by atoms with Crippen molar-refractivity contribution in [3.63, 3.8) is 0 Å². The zero-order chi connectivity index (χ0) is 13.7. The molecule has 106 valence electrons. The van der Waals surface area contributed by atoms with Gasteiger partial charge < -0.3 is 10.2 Å². The molecule has 1 aromatic rings. The van der Waals surface area contributed by atoms with Crippen molar-refractivity contribution >= 4 is 0 Å². The van der Waals surface area contributed by atoms with Crippen LogP contribution in [0.1, 0.15) is 19.0 Å². The van der Waals surface area contributed by atoms with Crippen LogP contribution < -0.4 is 5.32 Å². The molecule has 1 fully saturated rings. The molecule has 0 saturated carbocycles. The molecule has 0 bridgehead atoms. The molecule has 0 aliphatic carbocycles. The fourth-order valence-electron chi connectivity index (χ4n) is 2.72. The summed E-state index contributed by atoms with van der Waals surface area (Å²) in [5.41, 5.74) is 1.17. The van der Waals surface area contributed by atoms with E-state index in [4.69, 9.17) is 0 Å². The molecule has 2 atom stereocenters. The van der Waals surface area contributed by atoms with Gasteiger partial charge in [-0.3, -0.25) is 9.88 Å². The first kappa shape index (κ1) is 14.4. The van der Waals surface area contributed by atoms with Crippen molar-refractivity contribution in [1.82, 2.24) is 20.1 Å². The Morgan fingerprint density at radius 1 is 1.42 bits per heavy atom. The van der Waals surface area contributed by atoms with Gasteiger partial charge in [0.25, 0.3) is 0 Å². The molecule has 0 amide bonds. The number of rotatable bonds is 4. The number of hydrogen-bond donors (Lipinski definition) is 1. The third-order valence-electron chi connectivity index (χ3n) is 4.12. The van der Waals surface area contributed by atoms with Crippen LogP contribution in [0.4, 0.5) is 0 Å². The van der Waals surface area contributed by atoms with E-state index in [1.165, 1.54) is 18.7 Å². The zero-order valence-electron chi connectivity index (χ0n) is 12.3. The molecule has 19 heavy (non-hydrogen) atoms. The lowest BCUT2D eigenvalue weighted by Crippen LogP contribution is -2.45. The lowest BCUT2D eigenvalue weighted by atomic mass is 10.2. The quantitative estimate of drug-likeness (QED) is 0.883. The topological polar surface area (TPSA) is 31.4 Å². The van der Waals surface area contributed by atoms with Crippen molar-refractivity contribution in [3.05, 3.63) is 30.1 Å². The Labute approximate surface area is 116 Å². The number of nitrogens with zero attached hydrogens (tertiary/aromatic N) is 3. The molecule has 2 rings (SSSR count). The highest BCUT2D eigenvalue weighted by atomic mass is 15.3. The largest absolute Gasteiger partial charge is 0.318 e. The van der Waals surface area contributed by atoms with Gasteiger partial charge in [-0.25, -0.2) is 0 Å². The van der Waals surface area contributed by atoms with E-state index in [1.54, 1.807) is 0 Å². The predicted molar refractivity (Wildman–Crippen MR) is 79.1 cm³/mol. The number of hydrogen-bond acceptors (Lipinski definition) is 4. The summed E-state index contributed by atoms with van der Waals surface area (Å²) in [5, 5.41) is 3.31. The first-order valence-corrected chi connectivity index (χ1v) is 7.19. The minimum Gasteiger partial charge on any atom is -0.318 e. The monoisotopic (exact) mass is 262 g/mol. The van der Waals surface area contributed by atoms with Crippen molar-refractivity contribution in [2.24, 2.45) is 0 Å². The average molecular weight is 262 g/mol. The molecule has 1 aromatic heterocycles. The Morgan fingerprint density at radius 3 is 2.95 bits per heavy atom. The molecule has 2 unspecified atom stereocenters. The van der Waals surface area contributed by atoms with Crippen molar-refractivity contribution in [2.75, 3.05) is 33.7 Å². The molecule has 4 nitrogen and oxygen atoms in total. The number of pyridine rings is 1. The molecule has 1 aliphatic heterocycles. The van der Waals surface area contributed by atoms with Gasteiger partial charge in [0.1, 0.15) is 0 Å². The van der Waals surface area contributed by atoms with Crippen LogP contribution in [0.5, 0.6) is 0 Å². The molecule has 1 saturated heterocycles. The summed E-state index contributed by atoms with van der Waals surface area (Å²) in [4.78, 5) is 9.50. The van der Waals surface area contributed by atoms with Crippen molar-refractivity contribution in [3.8, 4) is 0 Å². The highest BCUT2D eigenvalue weighted by molar-refractivity contribution is 5.04. The summed E-state index contributed by atoms with van der Waals surface area (Å²) in [6, 6.07) is 7.37. The van der Waals surface area contributed by atoms with E-state index in [0.717, 1.165) is 19.6 Å². The van der Waals surface area contributed by atoms with E-state index in [2.05, 4.69) is 46.2 Å². The summed E-state index contributed by atoms with van der Waals surface area (Å²) >= 11 is 0.